The van der Waals surface area contributed by atoms with Crippen molar-refractivity contribution >= 4 is 5.91 Å². The highest BCUT2D eigenvalue weighted by atomic mass is 16.5. The minimum atomic E-state index is -0.279. The van der Waals surface area contributed by atoms with E-state index in [2.05, 4.69) is 10.5 Å². The van der Waals surface area contributed by atoms with Crippen molar-refractivity contribution < 1.29 is 18.8 Å². The first-order valence-electron chi connectivity index (χ1n) is 8.80. The number of amides is 1. The molecule has 2 heterocycles. The average Bonchev–Trinajstić information content (AvgIpc) is 3.31. The Morgan fingerprint density at radius 1 is 1.22 bits per heavy atom. The number of aromatic nitrogens is 1. The molecule has 0 fully saturated rings. The minimum absolute atomic E-state index is 0.185. The molecule has 1 aliphatic heterocycles. The van der Waals surface area contributed by atoms with E-state index in [0.29, 0.717) is 12.3 Å². The van der Waals surface area contributed by atoms with Gasteiger partial charge < -0.3 is 19.3 Å². The number of rotatable bonds is 5. The lowest BCUT2D eigenvalue weighted by molar-refractivity contribution is 0.0942. The van der Waals surface area contributed by atoms with E-state index in [1.165, 1.54) is 0 Å². The standard InChI is InChI=1S/C21H20N2O4/c1-13-9-16-10-15(5-8-19(16)26-13)20-11-18(23-27-20)21(24)22-12-14-3-6-17(25-2)7-4-14/h3-8,10-11,13H,9,12H2,1-2H3,(H,22,24)/t13-/m0/s1. The predicted molar refractivity (Wildman–Crippen MR) is 99.9 cm³/mol. The number of carbonyl (C=O) groups is 1. The lowest BCUT2D eigenvalue weighted by Gasteiger charge is -2.04. The van der Waals surface area contributed by atoms with Crippen LogP contribution in [0.4, 0.5) is 0 Å². The van der Waals surface area contributed by atoms with Gasteiger partial charge in [-0.25, -0.2) is 0 Å². The first-order chi connectivity index (χ1) is 13.1. The zero-order chi connectivity index (χ0) is 18.8. The van der Waals surface area contributed by atoms with Crippen molar-refractivity contribution in [2.75, 3.05) is 7.11 Å². The predicted octanol–water partition coefficient (Wildman–Crippen LogP) is 3.60. The Balaban J connectivity index is 1.42. The zero-order valence-electron chi connectivity index (χ0n) is 15.2. The SMILES string of the molecule is COc1ccc(CNC(=O)c2cc(-c3ccc4c(c3)C[C@H](C)O4)on2)cc1. The second-order valence-corrected chi connectivity index (χ2v) is 6.56. The van der Waals surface area contributed by atoms with Crippen molar-refractivity contribution in [3.8, 4) is 22.8 Å². The monoisotopic (exact) mass is 364 g/mol. The molecule has 0 radical (unpaired) electrons. The van der Waals surface area contributed by atoms with E-state index in [1.54, 1.807) is 13.2 Å². The van der Waals surface area contributed by atoms with Crippen molar-refractivity contribution in [1.29, 1.82) is 0 Å². The van der Waals surface area contributed by atoms with Crippen LogP contribution in [0.25, 0.3) is 11.3 Å². The average molecular weight is 364 g/mol. The maximum atomic E-state index is 12.3. The molecule has 0 saturated heterocycles. The normalized spacial score (nSPS) is 15.1. The van der Waals surface area contributed by atoms with E-state index in [4.69, 9.17) is 14.0 Å². The second-order valence-electron chi connectivity index (χ2n) is 6.56. The van der Waals surface area contributed by atoms with E-state index < -0.39 is 0 Å². The Labute approximate surface area is 157 Å². The lowest BCUT2D eigenvalue weighted by atomic mass is 10.1. The third-order valence-electron chi connectivity index (χ3n) is 4.54. The van der Waals surface area contributed by atoms with Gasteiger partial charge in [-0.15, -0.1) is 0 Å². The van der Waals surface area contributed by atoms with E-state index in [-0.39, 0.29) is 17.7 Å². The maximum Gasteiger partial charge on any atom is 0.273 e. The maximum absolute atomic E-state index is 12.3. The number of benzene rings is 2. The van der Waals surface area contributed by atoms with Crippen molar-refractivity contribution in [3.05, 3.63) is 65.4 Å². The van der Waals surface area contributed by atoms with Crippen LogP contribution in [0.3, 0.4) is 0 Å². The van der Waals surface area contributed by atoms with Crippen LogP contribution in [-0.4, -0.2) is 24.3 Å². The van der Waals surface area contributed by atoms with E-state index in [0.717, 1.165) is 34.6 Å². The van der Waals surface area contributed by atoms with Crippen LogP contribution in [0, 0.1) is 0 Å². The van der Waals surface area contributed by atoms with Crippen LogP contribution < -0.4 is 14.8 Å². The Bertz CT molecular complexity index is 963. The number of ether oxygens (including phenoxy) is 2. The first-order valence-corrected chi connectivity index (χ1v) is 8.80. The van der Waals surface area contributed by atoms with Crippen molar-refractivity contribution in [2.45, 2.75) is 26.0 Å². The van der Waals surface area contributed by atoms with Crippen LogP contribution in [0.2, 0.25) is 0 Å². The Morgan fingerprint density at radius 2 is 2.04 bits per heavy atom. The van der Waals surface area contributed by atoms with Gasteiger partial charge in [0, 0.05) is 24.6 Å². The largest absolute Gasteiger partial charge is 0.497 e. The van der Waals surface area contributed by atoms with Crippen LogP contribution in [0.15, 0.2) is 53.1 Å². The summed E-state index contributed by atoms with van der Waals surface area (Å²) in [5.74, 6) is 1.97. The number of carbonyl (C=O) groups excluding carboxylic acids is 1. The lowest BCUT2D eigenvalue weighted by Crippen LogP contribution is -2.22. The summed E-state index contributed by atoms with van der Waals surface area (Å²) < 4.78 is 16.2. The van der Waals surface area contributed by atoms with Gasteiger partial charge in [-0.2, -0.15) is 0 Å². The topological polar surface area (TPSA) is 73.6 Å². The van der Waals surface area contributed by atoms with Gasteiger partial charge >= 0.3 is 0 Å². The smallest absolute Gasteiger partial charge is 0.273 e. The van der Waals surface area contributed by atoms with Crippen LogP contribution in [0.5, 0.6) is 11.5 Å². The summed E-state index contributed by atoms with van der Waals surface area (Å²) in [4.78, 5) is 12.3. The molecule has 1 N–H and O–H groups in total. The fraction of sp³-hybridized carbons (Fsp3) is 0.238. The molecule has 6 nitrogen and oxygen atoms in total. The fourth-order valence-corrected chi connectivity index (χ4v) is 3.11. The van der Waals surface area contributed by atoms with Gasteiger partial charge in [0.05, 0.1) is 7.11 Å². The molecule has 3 aromatic rings. The summed E-state index contributed by atoms with van der Waals surface area (Å²) in [5.41, 5.74) is 3.25. The van der Waals surface area contributed by atoms with Crippen molar-refractivity contribution in [3.63, 3.8) is 0 Å². The molecule has 0 spiro atoms. The highest BCUT2D eigenvalue weighted by Crippen LogP contribution is 2.33. The summed E-state index contributed by atoms with van der Waals surface area (Å²) in [6.45, 7) is 2.44. The molecule has 1 aromatic heterocycles. The van der Waals surface area contributed by atoms with Crippen LogP contribution >= 0.6 is 0 Å². The molecular weight excluding hydrogens is 344 g/mol. The first kappa shape index (κ1) is 17.1. The van der Waals surface area contributed by atoms with Crippen LogP contribution in [0.1, 0.15) is 28.5 Å². The second kappa shape index (κ2) is 7.15. The number of hydrogen-bond donors (Lipinski definition) is 1. The van der Waals surface area contributed by atoms with E-state index >= 15 is 0 Å². The number of methoxy groups -OCH3 is 1. The van der Waals surface area contributed by atoms with Crippen molar-refractivity contribution in [2.24, 2.45) is 0 Å². The molecular formula is C21H20N2O4. The number of hydrogen-bond acceptors (Lipinski definition) is 5. The van der Waals surface area contributed by atoms with Gasteiger partial charge in [0.1, 0.15) is 17.6 Å². The Kier molecular flexibility index (Phi) is 4.54. The summed E-state index contributed by atoms with van der Waals surface area (Å²) >= 11 is 0. The molecule has 1 amide bonds. The summed E-state index contributed by atoms with van der Waals surface area (Å²) in [7, 11) is 1.62. The quantitative estimate of drug-likeness (QED) is 0.749. The third-order valence-corrected chi connectivity index (χ3v) is 4.54. The molecule has 0 bridgehead atoms. The molecule has 0 unspecified atom stereocenters. The fourth-order valence-electron chi connectivity index (χ4n) is 3.11. The highest BCUT2D eigenvalue weighted by Gasteiger charge is 2.20. The highest BCUT2D eigenvalue weighted by molar-refractivity contribution is 5.93. The van der Waals surface area contributed by atoms with Gasteiger partial charge in [0.15, 0.2) is 11.5 Å². The van der Waals surface area contributed by atoms with Gasteiger partial charge in [-0.1, -0.05) is 17.3 Å². The third kappa shape index (κ3) is 3.65. The van der Waals surface area contributed by atoms with Gasteiger partial charge in [-0.3, -0.25) is 4.79 Å². The zero-order valence-corrected chi connectivity index (χ0v) is 15.2. The van der Waals surface area contributed by atoms with E-state index in [9.17, 15) is 4.79 Å². The van der Waals surface area contributed by atoms with E-state index in [1.807, 2.05) is 49.4 Å². The molecule has 1 atom stereocenters. The molecule has 0 aliphatic carbocycles. The summed E-state index contributed by atoms with van der Waals surface area (Å²) in [6.07, 6.45) is 1.05. The van der Waals surface area contributed by atoms with Gasteiger partial charge in [0.25, 0.3) is 5.91 Å². The minimum Gasteiger partial charge on any atom is -0.497 e. The molecule has 2 aromatic carbocycles. The number of fused-ring (bicyclic) bond motifs is 1. The molecule has 138 valence electrons. The summed E-state index contributed by atoms with van der Waals surface area (Å²) in [6, 6.07) is 15.0. The van der Waals surface area contributed by atoms with Crippen molar-refractivity contribution in [1.82, 2.24) is 10.5 Å². The number of nitrogens with zero attached hydrogens (tertiary/aromatic N) is 1. The molecule has 1 aliphatic rings. The molecule has 27 heavy (non-hydrogen) atoms. The van der Waals surface area contributed by atoms with Gasteiger partial charge in [0.2, 0.25) is 0 Å². The molecule has 4 rings (SSSR count). The number of nitrogens with one attached hydrogen (secondary N) is 1. The molecule has 6 heteroatoms. The summed E-state index contributed by atoms with van der Waals surface area (Å²) in [5, 5.41) is 6.75. The Hall–Kier alpha value is -3.28. The molecule has 0 saturated carbocycles. The van der Waals surface area contributed by atoms with Gasteiger partial charge in [-0.05, 0) is 48.4 Å². The Morgan fingerprint density at radius 3 is 2.81 bits per heavy atom. The van der Waals surface area contributed by atoms with Crippen LogP contribution in [-0.2, 0) is 13.0 Å².